The topological polar surface area (TPSA) is 91.8 Å². The molecule has 6 heteroatoms. The molecule has 0 aliphatic heterocycles. The predicted octanol–water partition coefficient (Wildman–Crippen LogP) is 0.873. The molecule has 6 nitrogen and oxygen atoms in total. The molecule has 2 aromatic rings. The molecule has 0 radical (unpaired) electrons. The van der Waals surface area contributed by atoms with Crippen molar-refractivity contribution in [1.82, 2.24) is 20.4 Å². The Labute approximate surface area is 85.0 Å². The number of aromatic carboxylic acids is 1. The predicted molar refractivity (Wildman–Crippen MR) is 51.3 cm³/mol. The van der Waals surface area contributed by atoms with Crippen LogP contribution in [-0.2, 0) is 0 Å². The molecule has 2 heterocycles. The van der Waals surface area contributed by atoms with E-state index in [-0.39, 0.29) is 5.69 Å². The van der Waals surface area contributed by atoms with E-state index in [9.17, 15) is 4.79 Å². The molecule has 0 aliphatic carbocycles. The van der Waals surface area contributed by atoms with Gasteiger partial charge >= 0.3 is 5.97 Å². The van der Waals surface area contributed by atoms with E-state index in [0.717, 1.165) is 5.69 Å². The third kappa shape index (κ3) is 1.69. The number of carboxylic acid groups (broad SMARTS) is 1. The number of aromatic amines is 1. The highest BCUT2D eigenvalue weighted by atomic mass is 16.4. The number of hydrogen-bond acceptors (Lipinski definition) is 4. The third-order valence-electron chi connectivity index (χ3n) is 1.94. The number of rotatable bonds is 2. The van der Waals surface area contributed by atoms with Crippen molar-refractivity contribution in [2.75, 3.05) is 0 Å². The summed E-state index contributed by atoms with van der Waals surface area (Å²) in [6.07, 6.45) is 1.57. The molecule has 2 N–H and O–H groups in total. The van der Waals surface area contributed by atoms with Gasteiger partial charge in [0.15, 0.2) is 5.69 Å². The van der Waals surface area contributed by atoms with Crippen molar-refractivity contribution in [3.05, 3.63) is 29.7 Å². The van der Waals surface area contributed by atoms with Crippen molar-refractivity contribution >= 4 is 5.97 Å². The second kappa shape index (κ2) is 3.49. The summed E-state index contributed by atoms with van der Waals surface area (Å²) in [5.41, 5.74) is 1.70. The van der Waals surface area contributed by atoms with Crippen LogP contribution in [0.4, 0.5) is 0 Å². The number of carbonyl (C=O) groups is 1. The largest absolute Gasteiger partial charge is 0.476 e. The summed E-state index contributed by atoms with van der Waals surface area (Å²) in [5, 5.41) is 18.4. The lowest BCUT2D eigenvalue weighted by molar-refractivity contribution is 0.0691. The van der Waals surface area contributed by atoms with Crippen LogP contribution < -0.4 is 0 Å². The third-order valence-corrected chi connectivity index (χ3v) is 1.94. The summed E-state index contributed by atoms with van der Waals surface area (Å²) in [6.45, 7) is 1.85. The van der Waals surface area contributed by atoms with Crippen LogP contribution in [0, 0.1) is 6.92 Å². The molecule has 76 valence electrons. The lowest BCUT2D eigenvalue weighted by Crippen LogP contribution is -1.99. The number of carboxylic acids is 1. The molecule has 0 atom stereocenters. The van der Waals surface area contributed by atoms with Crippen LogP contribution in [0.1, 0.15) is 16.2 Å². The lowest BCUT2D eigenvalue weighted by atomic mass is 10.1. The SMILES string of the molecule is Cc1ccc(-c2n[nH]nc2C(=O)O)cn1. The second-order valence-electron chi connectivity index (χ2n) is 3.01. The van der Waals surface area contributed by atoms with Crippen LogP contribution in [0.15, 0.2) is 18.3 Å². The molecule has 0 saturated carbocycles. The van der Waals surface area contributed by atoms with Gasteiger partial charge in [0.2, 0.25) is 0 Å². The molecular formula is C9H8N4O2. The normalized spacial score (nSPS) is 10.2. The Morgan fingerprint density at radius 2 is 2.20 bits per heavy atom. The van der Waals surface area contributed by atoms with E-state index in [0.29, 0.717) is 11.3 Å². The van der Waals surface area contributed by atoms with Gasteiger partial charge in [0.05, 0.1) is 0 Å². The number of nitrogens with zero attached hydrogens (tertiary/aromatic N) is 3. The number of hydrogen-bond donors (Lipinski definition) is 2. The Morgan fingerprint density at radius 3 is 2.80 bits per heavy atom. The number of H-pyrrole nitrogens is 1. The summed E-state index contributed by atoms with van der Waals surface area (Å²) in [6, 6.07) is 3.54. The van der Waals surface area contributed by atoms with E-state index in [1.54, 1.807) is 18.3 Å². The zero-order chi connectivity index (χ0) is 10.8. The average molecular weight is 204 g/mol. The molecule has 0 fully saturated rings. The smallest absolute Gasteiger partial charge is 0.358 e. The zero-order valence-electron chi connectivity index (χ0n) is 7.93. The van der Waals surface area contributed by atoms with Crippen molar-refractivity contribution in [3.8, 4) is 11.3 Å². The van der Waals surface area contributed by atoms with E-state index in [1.807, 2.05) is 6.92 Å². The minimum atomic E-state index is -1.11. The Kier molecular flexibility index (Phi) is 2.17. The van der Waals surface area contributed by atoms with Crippen molar-refractivity contribution in [2.24, 2.45) is 0 Å². The average Bonchev–Trinajstić information content (AvgIpc) is 2.67. The molecule has 0 aliphatic rings. The molecule has 2 rings (SSSR count). The molecule has 0 amide bonds. The molecule has 2 aromatic heterocycles. The zero-order valence-corrected chi connectivity index (χ0v) is 7.93. The summed E-state index contributed by atoms with van der Waals surface area (Å²) in [7, 11) is 0. The molecule has 0 bridgehead atoms. The maximum Gasteiger partial charge on any atom is 0.358 e. The molecule has 0 unspecified atom stereocenters. The van der Waals surface area contributed by atoms with Crippen LogP contribution in [-0.4, -0.2) is 31.5 Å². The minimum absolute atomic E-state index is 0.0966. The Bertz CT molecular complexity index is 489. The first-order chi connectivity index (χ1) is 7.18. The van der Waals surface area contributed by atoms with Crippen molar-refractivity contribution < 1.29 is 9.90 Å². The highest BCUT2D eigenvalue weighted by molar-refractivity contribution is 5.92. The molecule has 15 heavy (non-hydrogen) atoms. The fraction of sp³-hybridized carbons (Fsp3) is 0.111. The first kappa shape index (κ1) is 9.32. The first-order valence-electron chi connectivity index (χ1n) is 4.25. The molecular weight excluding hydrogens is 196 g/mol. The maximum atomic E-state index is 10.8. The van der Waals surface area contributed by atoms with Gasteiger partial charge in [-0.05, 0) is 19.1 Å². The van der Waals surface area contributed by atoms with Crippen LogP contribution in [0.25, 0.3) is 11.3 Å². The van der Waals surface area contributed by atoms with E-state index in [1.165, 1.54) is 0 Å². The second-order valence-corrected chi connectivity index (χ2v) is 3.01. The molecule has 0 aromatic carbocycles. The number of nitrogens with one attached hydrogen (secondary N) is 1. The van der Waals surface area contributed by atoms with Crippen LogP contribution >= 0.6 is 0 Å². The van der Waals surface area contributed by atoms with Gasteiger partial charge in [0.25, 0.3) is 0 Å². The first-order valence-corrected chi connectivity index (χ1v) is 4.25. The monoisotopic (exact) mass is 204 g/mol. The quantitative estimate of drug-likeness (QED) is 0.757. The summed E-state index contributed by atoms with van der Waals surface area (Å²) >= 11 is 0. The lowest BCUT2D eigenvalue weighted by Gasteiger charge is -1.97. The standard InChI is InChI=1S/C9H8N4O2/c1-5-2-3-6(4-10-5)7-8(9(14)15)12-13-11-7/h2-4H,1H3,(H,14,15)(H,11,12,13). The fourth-order valence-electron chi connectivity index (χ4n) is 1.19. The number of aryl methyl sites for hydroxylation is 1. The fourth-order valence-corrected chi connectivity index (χ4v) is 1.19. The van der Waals surface area contributed by atoms with Gasteiger partial charge in [-0.3, -0.25) is 4.98 Å². The highest BCUT2D eigenvalue weighted by Gasteiger charge is 2.16. The van der Waals surface area contributed by atoms with Crippen molar-refractivity contribution in [1.29, 1.82) is 0 Å². The van der Waals surface area contributed by atoms with Crippen molar-refractivity contribution in [3.63, 3.8) is 0 Å². The van der Waals surface area contributed by atoms with Crippen molar-refractivity contribution in [2.45, 2.75) is 6.92 Å². The van der Waals surface area contributed by atoms with Crippen LogP contribution in [0.5, 0.6) is 0 Å². The van der Waals surface area contributed by atoms with Gasteiger partial charge in [-0.1, -0.05) is 0 Å². The van der Waals surface area contributed by atoms with Gasteiger partial charge < -0.3 is 5.11 Å². The number of pyridine rings is 1. The molecule has 0 spiro atoms. The highest BCUT2D eigenvalue weighted by Crippen LogP contribution is 2.18. The van der Waals surface area contributed by atoms with Crippen LogP contribution in [0.3, 0.4) is 0 Å². The maximum absolute atomic E-state index is 10.8. The summed E-state index contributed by atoms with van der Waals surface area (Å²) in [5.74, 6) is -1.11. The van der Waals surface area contributed by atoms with E-state index < -0.39 is 5.97 Å². The van der Waals surface area contributed by atoms with Gasteiger partial charge in [0, 0.05) is 17.5 Å². The van der Waals surface area contributed by atoms with E-state index in [4.69, 9.17) is 5.11 Å². The van der Waals surface area contributed by atoms with Gasteiger partial charge in [-0.25, -0.2) is 4.79 Å². The minimum Gasteiger partial charge on any atom is -0.476 e. The Morgan fingerprint density at radius 1 is 1.40 bits per heavy atom. The summed E-state index contributed by atoms with van der Waals surface area (Å²) < 4.78 is 0. The Hall–Kier alpha value is -2.24. The number of aromatic nitrogens is 4. The van der Waals surface area contributed by atoms with Gasteiger partial charge in [-0.15, -0.1) is 5.10 Å². The van der Waals surface area contributed by atoms with Gasteiger partial charge in [-0.2, -0.15) is 10.3 Å². The Balaban J connectivity index is 2.49. The van der Waals surface area contributed by atoms with Gasteiger partial charge in [0.1, 0.15) is 5.69 Å². The molecule has 0 saturated heterocycles. The summed E-state index contributed by atoms with van der Waals surface area (Å²) in [4.78, 5) is 14.8. The van der Waals surface area contributed by atoms with Crippen LogP contribution in [0.2, 0.25) is 0 Å². The van der Waals surface area contributed by atoms with E-state index in [2.05, 4.69) is 20.4 Å². The van der Waals surface area contributed by atoms with E-state index >= 15 is 0 Å².